The van der Waals surface area contributed by atoms with Crippen LogP contribution >= 0.6 is 0 Å². The summed E-state index contributed by atoms with van der Waals surface area (Å²) < 4.78 is 5.29. The minimum atomic E-state index is -1.40. The van der Waals surface area contributed by atoms with E-state index in [1.807, 2.05) is 0 Å². The molecule has 2 heterocycles. The van der Waals surface area contributed by atoms with E-state index in [2.05, 4.69) is 5.32 Å². The summed E-state index contributed by atoms with van der Waals surface area (Å²) in [7, 11) is 3.08. The Morgan fingerprint density at radius 2 is 1.81 bits per heavy atom. The highest BCUT2D eigenvalue weighted by molar-refractivity contribution is 6.18. The number of carbonyl (C=O) groups is 3. The zero-order chi connectivity index (χ0) is 19.2. The molecule has 3 amide bonds. The fraction of sp³-hybridized carbons (Fsp3) is 0.250. The van der Waals surface area contributed by atoms with E-state index in [4.69, 9.17) is 4.74 Å². The summed E-state index contributed by atoms with van der Waals surface area (Å²) >= 11 is 0. The molecule has 2 aliphatic rings. The van der Waals surface area contributed by atoms with Crippen LogP contribution in [-0.4, -0.2) is 42.4 Å². The van der Waals surface area contributed by atoms with Crippen molar-refractivity contribution in [3.05, 3.63) is 54.1 Å². The molecule has 0 aliphatic carbocycles. The second kappa shape index (κ2) is 6.12. The molecule has 27 heavy (non-hydrogen) atoms. The summed E-state index contributed by atoms with van der Waals surface area (Å²) in [6, 6.07) is 13.9. The first-order valence-corrected chi connectivity index (χ1v) is 8.65. The van der Waals surface area contributed by atoms with Crippen LogP contribution in [0.25, 0.3) is 0 Å². The molecule has 2 aromatic carbocycles. The zero-order valence-electron chi connectivity index (χ0n) is 15.1. The lowest BCUT2D eigenvalue weighted by molar-refractivity contribution is -0.128. The predicted molar refractivity (Wildman–Crippen MR) is 99.6 cm³/mol. The monoisotopic (exact) mass is 365 g/mol. The number of hydrogen-bond donors (Lipinski definition) is 1. The second-order valence-electron chi connectivity index (χ2n) is 6.58. The summed E-state index contributed by atoms with van der Waals surface area (Å²) in [5.41, 5.74) is -0.0313. The van der Waals surface area contributed by atoms with E-state index in [0.29, 0.717) is 22.7 Å². The zero-order valence-corrected chi connectivity index (χ0v) is 15.1. The first-order chi connectivity index (χ1) is 13.0. The SMILES string of the molecule is COc1ccccc1NC(=O)[C@]12CCC(=O)N1c1ccccc1C(=O)N2C. The van der Waals surface area contributed by atoms with E-state index in [9.17, 15) is 14.4 Å². The van der Waals surface area contributed by atoms with Crippen LogP contribution in [0, 0.1) is 0 Å². The summed E-state index contributed by atoms with van der Waals surface area (Å²) in [5.74, 6) is -0.407. The molecule has 0 saturated carbocycles. The molecule has 0 spiro atoms. The van der Waals surface area contributed by atoms with Crippen molar-refractivity contribution in [1.29, 1.82) is 0 Å². The van der Waals surface area contributed by atoms with Crippen LogP contribution in [0.2, 0.25) is 0 Å². The van der Waals surface area contributed by atoms with Crippen LogP contribution in [-0.2, 0) is 9.59 Å². The molecule has 0 unspecified atom stereocenters. The lowest BCUT2D eigenvalue weighted by atomic mass is 9.96. The van der Waals surface area contributed by atoms with E-state index in [0.717, 1.165) is 0 Å². The maximum absolute atomic E-state index is 13.4. The first-order valence-electron chi connectivity index (χ1n) is 8.65. The van der Waals surface area contributed by atoms with Crippen LogP contribution in [0.4, 0.5) is 11.4 Å². The largest absolute Gasteiger partial charge is 0.495 e. The third kappa shape index (κ3) is 2.31. The molecule has 1 atom stereocenters. The maximum Gasteiger partial charge on any atom is 0.271 e. The summed E-state index contributed by atoms with van der Waals surface area (Å²) in [5, 5.41) is 2.84. The van der Waals surface area contributed by atoms with Gasteiger partial charge in [0.2, 0.25) is 11.6 Å². The molecule has 1 N–H and O–H groups in total. The maximum atomic E-state index is 13.4. The Hall–Kier alpha value is -3.35. The second-order valence-corrected chi connectivity index (χ2v) is 6.58. The molecular formula is C20H19N3O4. The number of likely N-dealkylation sites (N-methyl/N-ethyl adjacent to an activating group) is 1. The Morgan fingerprint density at radius 1 is 1.11 bits per heavy atom. The van der Waals surface area contributed by atoms with Gasteiger partial charge in [-0.3, -0.25) is 19.3 Å². The van der Waals surface area contributed by atoms with Gasteiger partial charge in [0, 0.05) is 19.9 Å². The smallest absolute Gasteiger partial charge is 0.271 e. The van der Waals surface area contributed by atoms with Crippen molar-refractivity contribution in [1.82, 2.24) is 4.90 Å². The number of hydrogen-bond acceptors (Lipinski definition) is 4. The van der Waals surface area contributed by atoms with E-state index in [-0.39, 0.29) is 24.7 Å². The first kappa shape index (κ1) is 17.1. The molecule has 4 rings (SSSR count). The third-order valence-corrected chi connectivity index (χ3v) is 5.26. The van der Waals surface area contributed by atoms with Gasteiger partial charge in [-0.1, -0.05) is 24.3 Å². The Balaban J connectivity index is 1.81. The minimum Gasteiger partial charge on any atom is -0.495 e. The fourth-order valence-electron chi connectivity index (χ4n) is 3.90. The molecular weight excluding hydrogens is 346 g/mol. The Kier molecular flexibility index (Phi) is 3.87. The van der Waals surface area contributed by atoms with Crippen molar-refractivity contribution in [2.75, 3.05) is 24.4 Å². The highest BCUT2D eigenvalue weighted by Crippen LogP contribution is 2.44. The molecule has 7 heteroatoms. The van der Waals surface area contributed by atoms with Crippen LogP contribution in [0.15, 0.2) is 48.5 Å². The molecule has 0 aromatic heterocycles. The van der Waals surface area contributed by atoms with Crippen molar-refractivity contribution in [2.24, 2.45) is 0 Å². The topological polar surface area (TPSA) is 79.0 Å². The quantitative estimate of drug-likeness (QED) is 0.905. The van der Waals surface area contributed by atoms with Gasteiger partial charge in [-0.2, -0.15) is 0 Å². The van der Waals surface area contributed by atoms with Gasteiger partial charge < -0.3 is 15.0 Å². The number of anilines is 2. The average Bonchev–Trinajstić information content (AvgIpc) is 3.05. The number of nitrogens with one attached hydrogen (secondary N) is 1. The van der Waals surface area contributed by atoms with Crippen LogP contribution < -0.4 is 15.0 Å². The van der Waals surface area contributed by atoms with Gasteiger partial charge in [-0.05, 0) is 24.3 Å². The molecule has 0 bridgehead atoms. The highest BCUT2D eigenvalue weighted by atomic mass is 16.5. The number of methoxy groups -OCH3 is 1. The molecule has 2 aromatic rings. The number of ether oxygens (including phenoxy) is 1. The molecule has 1 fully saturated rings. The number of amides is 3. The normalized spacial score (nSPS) is 21.0. The van der Waals surface area contributed by atoms with E-state index in [1.54, 1.807) is 55.6 Å². The Labute approximate surface area is 156 Å². The molecule has 0 radical (unpaired) electrons. The predicted octanol–water partition coefficient (Wildman–Crippen LogP) is 2.24. The van der Waals surface area contributed by atoms with Crippen molar-refractivity contribution in [2.45, 2.75) is 18.5 Å². The summed E-state index contributed by atoms with van der Waals surface area (Å²) in [4.78, 5) is 41.8. The third-order valence-electron chi connectivity index (χ3n) is 5.26. The standard InChI is InChI=1S/C20H19N3O4/c1-22-18(25)13-7-3-5-9-15(13)23-17(24)11-12-20(22,23)19(26)21-14-8-4-6-10-16(14)27-2/h3-10H,11-12H2,1-2H3,(H,21,26)/t20-/m0/s1. The van der Waals surface area contributed by atoms with Gasteiger partial charge in [-0.25, -0.2) is 0 Å². The average molecular weight is 365 g/mol. The number of rotatable bonds is 3. The van der Waals surface area contributed by atoms with E-state index in [1.165, 1.54) is 16.9 Å². The molecule has 7 nitrogen and oxygen atoms in total. The van der Waals surface area contributed by atoms with Crippen molar-refractivity contribution in [3.8, 4) is 5.75 Å². The van der Waals surface area contributed by atoms with Crippen molar-refractivity contribution < 1.29 is 19.1 Å². The molecule has 138 valence electrons. The van der Waals surface area contributed by atoms with Gasteiger partial charge in [-0.15, -0.1) is 0 Å². The van der Waals surface area contributed by atoms with Gasteiger partial charge in [0.25, 0.3) is 11.8 Å². The van der Waals surface area contributed by atoms with Gasteiger partial charge >= 0.3 is 0 Å². The summed E-state index contributed by atoms with van der Waals surface area (Å²) in [6.07, 6.45) is 0.411. The Bertz CT molecular complexity index is 958. The lowest BCUT2D eigenvalue weighted by Gasteiger charge is -2.47. The van der Waals surface area contributed by atoms with Crippen LogP contribution in [0.3, 0.4) is 0 Å². The van der Waals surface area contributed by atoms with Crippen molar-refractivity contribution in [3.63, 3.8) is 0 Å². The summed E-state index contributed by atoms with van der Waals surface area (Å²) in [6.45, 7) is 0. The number of benzene rings is 2. The van der Waals surface area contributed by atoms with Gasteiger partial charge in [0.15, 0.2) is 0 Å². The van der Waals surface area contributed by atoms with Crippen LogP contribution in [0.1, 0.15) is 23.2 Å². The van der Waals surface area contributed by atoms with Gasteiger partial charge in [0.1, 0.15) is 5.75 Å². The van der Waals surface area contributed by atoms with E-state index >= 15 is 0 Å². The van der Waals surface area contributed by atoms with Crippen LogP contribution in [0.5, 0.6) is 5.75 Å². The number of nitrogens with zero attached hydrogens (tertiary/aromatic N) is 2. The molecule has 2 aliphatic heterocycles. The lowest BCUT2D eigenvalue weighted by Crippen LogP contribution is -2.68. The fourth-order valence-corrected chi connectivity index (χ4v) is 3.90. The number of carbonyl (C=O) groups excluding carboxylic acids is 3. The van der Waals surface area contributed by atoms with E-state index < -0.39 is 11.6 Å². The minimum absolute atomic E-state index is 0.183. The molecule has 1 saturated heterocycles. The highest BCUT2D eigenvalue weighted by Gasteiger charge is 2.59. The van der Waals surface area contributed by atoms with Gasteiger partial charge in [0.05, 0.1) is 24.0 Å². The van der Waals surface area contributed by atoms with Crippen molar-refractivity contribution >= 4 is 29.1 Å². The number of para-hydroxylation sites is 3. The Morgan fingerprint density at radius 3 is 2.59 bits per heavy atom. The number of fused-ring (bicyclic) bond motifs is 3.